The predicted octanol–water partition coefficient (Wildman–Crippen LogP) is 2.93. The van der Waals surface area contributed by atoms with E-state index in [4.69, 9.17) is 4.52 Å². The lowest BCUT2D eigenvalue weighted by Crippen LogP contribution is -2.15. The lowest BCUT2D eigenvalue weighted by Gasteiger charge is -2.16. The normalized spacial score (nSPS) is 18.8. The van der Waals surface area contributed by atoms with Gasteiger partial charge in [-0.3, -0.25) is 10.1 Å². The molecule has 1 aliphatic carbocycles. The molecule has 1 aromatic rings. The largest absolute Gasteiger partial charge is 0.338 e. The summed E-state index contributed by atoms with van der Waals surface area (Å²) in [5.41, 5.74) is 2.13. The highest BCUT2D eigenvalue weighted by Crippen LogP contribution is 2.30. The maximum Gasteiger partial charge on any atom is 0.234 e. The Bertz CT molecular complexity index is 398. The van der Waals surface area contributed by atoms with E-state index in [1.54, 1.807) is 0 Å². The molecular formula is C13H20N2O2. The molecule has 17 heavy (non-hydrogen) atoms. The second kappa shape index (κ2) is 5.34. The number of fused-ring (bicyclic) bond motifs is 1. The summed E-state index contributed by atoms with van der Waals surface area (Å²) in [4.78, 5) is 11.6. The molecule has 4 heteroatoms. The van der Waals surface area contributed by atoms with Crippen molar-refractivity contribution in [2.75, 3.05) is 5.32 Å². The molecule has 0 saturated carbocycles. The molecule has 0 aliphatic heterocycles. The highest BCUT2D eigenvalue weighted by Gasteiger charge is 2.24. The van der Waals surface area contributed by atoms with Crippen LogP contribution in [0, 0.1) is 5.92 Å². The Morgan fingerprint density at radius 1 is 1.59 bits per heavy atom. The van der Waals surface area contributed by atoms with Gasteiger partial charge in [-0.25, -0.2) is 0 Å². The summed E-state index contributed by atoms with van der Waals surface area (Å²) in [6, 6.07) is 0. The van der Waals surface area contributed by atoms with E-state index in [0.717, 1.165) is 43.4 Å². The van der Waals surface area contributed by atoms with Crippen molar-refractivity contribution in [3.05, 3.63) is 11.3 Å². The van der Waals surface area contributed by atoms with E-state index in [1.807, 2.05) is 0 Å². The molecule has 94 valence electrons. The Kier molecular flexibility index (Phi) is 3.82. The zero-order chi connectivity index (χ0) is 12.3. The zero-order valence-corrected chi connectivity index (χ0v) is 10.6. The lowest BCUT2D eigenvalue weighted by molar-refractivity contribution is -0.116. The standard InChI is InChI=1S/C13H20N2O2/c1-3-4-5-12(16)14-13-10-8-9(2)6-7-11(10)15-17-13/h9H,3-8H2,1-2H3,(H,14,16). The number of carbonyl (C=O) groups is 1. The second-order valence-corrected chi connectivity index (χ2v) is 4.94. The monoisotopic (exact) mass is 236 g/mol. The van der Waals surface area contributed by atoms with Crippen molar-refractivity contribution in [2.45, 2.75) is 52.4 Å². The minimum absolute atomic E-state index is 0.0315. The van der Waals surface area contributed by atoms with Crippen molar-refractivity contribution in [1.82, 2.24) is 5.16 Å². The van der Waals surface area contributed by atoms with E-state index in [-0.39, 0.29) is 5.91 Å². The summed E-state index contributed by atoms with van der Waals surface area (Å²) in [5, 5.41) is 6.87. The van der Waals surface area contributed by atoms with Gasteiger partial charge < -0.3 is 4.52 Å². The van der Waals surface area contributed by atoms with Gasteiger partial charge in [-0.1, -0.05) is 25.4 Å². The second-order valence-electron chi connectivity index (χ2n) is 4.94. The van der Waals surface area contributed by atoms with Gasteiger partial charge in [0.25, 0.3) is 0 Å². The number of rotatable bonds is 4. The Balaban J connectivity index is 2.02. The molecule has 1 aliphatic rings. The molecule has 0 spiro atoms. The molecule has 0 aromatic carbocycles. The van der Waals surface area contributed by atoms with Gasteiger partial charge in [0.2, 0.25) is 11.8 Å². The van der Waals surface area contributed by atoms with Crippen LogP contribution >= 0.6 is 0 Å². The molecule has 1 aromatic heterocycles. The molecule has 4 nitrogen and oxygen atoms in total. The van der Waals surface area contributed by atoms with Crippen LogP contribution in [0.1, 0.15) is 50.8 Å². The fourth-order valence-electron chi connectivity index (χ4n) is 2.21. The first-order chi connectivity index (χ1) is 8.20. The topological polar surface area (TPSA) is 55.1 Å². The Morgan fingerprint density at radius 2 is 2.41 bits per heavy atom. The SMILES string of the molecule is CCCCC(=O)Nc1onc2c1CC(C)CC2. The van der Waals surface area contributed by atoms with Gasteiger partial charge in [-0.05, 0) is 31.6 Å². The minimum atomic E-state index is 0.0315. The number of aryl methyl sites for hydroxylation is 1. The van der Waals surface area contributed by atoms with E-state index in [2.05, 4.69) is 24.3 Å². The quantitative estimate of drug-likeness (QED) is 0.874. The molecule has 1 N–H and O–H groups in total. The van der Waals surface area contributed by atoms with Crippen LogP contribution in [0.2, 0.25) is 0 Å². The first-order valence-electron chi connectivity index (χ1n) is 6.48. The number of unbranched alkanes of at least 4 members (excludes halogenated alkanes) is 1. The smallest absolute Gasteiger partial charge is 0.234 e. The molecule has 1 atom stereocenters. The van der Waals surface area contributed by atoms with Crippen molar-refractivity contribution in [3.8, 4) is 0 Å². The molecule has 1 amide bonds. The third-order valence-electron chi connectivity index (χ3n) is 3.31. The first kappa shape index (κ1) is 12.1. The van der Waals surface area contributed by atoms with Crippen LogP contribution in [0.3, 0.4) is 0 Å². The summed E-state index contributed by atoms with van der Waals surface area (Å²) in [6.07, 6.45) is 5.58. The van der Waals surface area contributed by atoms with Crippen LogP contribution in [-0.4, -0.2) is 11.1 Å². The molecule has 0 saturated heterocycles. The van der Waals surface area contributed by atoms with Gasteiger partial charge in [-0.15, -0.1) is 0 Å². The van der Waals surface area contributed by atoms with Crippen LogP contribution < -0.4 is 5.32 Å². The number of nitrogens with zero attached hydrogens (tertiary/aromatic N) is 1. The average molecular weight is 236 g/mol. The van der Waals surface area contributed by atoms with E-state index < -0.39 is 0 Å². The Hall–Kier alpha value is -1.32. The van der Waals surface area contributed by atoms with Crippen molar-refractivity contribution in [2.24, 2.45) is 5.92 Å². The lowest BCUT2D eigenvalue weighted by atomic mass is 9.89. The number of hydrogen-bond acceptors (Lipinski definition) is 3. The molecule has 1 heterocycles. The van der Waals surface area contributed by atoms with Crippen LogP contribution in [0.15, 0.2) is 4.52 Å². The number of nitrogens with one attached hydrogen (secondary N) is 1. The fourth-order valence-corrected chi connectivity index (χ4v) is 2.21. The van der Waals surface area contributed by atoms with Gasteiger partial charge in [-0.2, -0.15) is 0 Å². The van der Waals surface area contributed by atoms with Crippen molar-refractivity contribution in [1.29, 1.82) is 0 Å². The van der Waals surface area contributed by atoms with Crippen LogP contribution in [0.25, 0.3) is 0 Å². The molecule has 0 bridgehead atoms. The van der Waals surface area contributed by atoms with E-state index >= 15 is 0 Å². The van der Waals surface area contributed by atoms with Gasteiger partial charge in [0.1, 0.15) is 0 Å². The summed E-state index contributed by atoms with van der Waals surface area (Å²) in [5.74, 6) is 1.25. The van der Waals surface area contributed by atoms with E-state index in [0.29, 0.717) is 18.2 Å². The molecule has 2 rings (SSSR count). The van der Waals surface area contributed by atoms with Gasteiger partial charge >= 0.3 is 0 Å². The number of anilines is 1. The summed E-state index contributed by atoms with van der Waals surface area (Å²) in [7, 11) is 0. The maximum atomic E-state index is 11.6. The van der Waals surface area contributed by atoms with Crippen LogP contribution in [0.4, 0.5) is 5.88 Å². The molecular weight excluding hydrogens is 216 g/mol. The summed E-state index contributed by atoms with van der Waals surface area (Å²) < 4.78 is 5.23. The third-order valence-corrected chi connectivity index (χ3v) is 3.31. The van der Waals surface area contributed by atoms with Crippen molar-refractivity contribution in [3.63, 3.8) is 0 Å². The highest BCUT2D eigenvalue weighted by atomic mass is 16.5. The van der Waals surface area contributed by atoms with Crippen molar-refractivity contribution < 1.29 is 9.32 Å². The Labute approximate surface area is 102 Å². The van der Waals surface area contributed by atoms with E-state index in [9.17, 15) is 4.79 Å². The van der Waals surface area contributed by atoms with Gasteiger partial charge in [0.05, 0.1) is 5.69 Å². The first-order valence-corrected chi connectivity index (χ1v) is 6.48. The van der Waals surface area contributed by atoms with E-state index in [1.165, 1.54) is 0 Å². The number of aromatic nitrogens is 1. The number of amides is 1. The predicted molar refractivity (Wildman–Crippen MR) is 65.8 cm³/mol. The highest BCUT2D eigenvalue weighted by molar-refractivity contribution is 5.90. The average Bonchev–Trinajstić information content (AvgIpc) is 2.69. The summed E-state index contributed by atoms with van der Waals surface area (Å²) in [6.45, 7) is 4.30. The van der Waals surface area contributed by atoms with Gasteiger partial charge in [0, 0.05) is 12.0 Å². The Morgan fingerprint density at radius 3 is 3.18 bits per heavy atom. The fraction of sp³-hybridized carbons (Fsp3) is 0.692. The minimum Gasteiger partial charge on any atom is -0.338 e. The van der Waals surface area contributed by atoms with Gasteiger partial charge in [0.15, 0.2) is 0 Å². The van der Waals surface area contributed by atoms with Crippen molar-refractivity contribution >= 4 is 11.8 Å². The maximum absolute atomic E-state index is 11.6. The van der Waals surface area contributed by atoms with Crippen LogP contribution in [0.5, 0.6) is 0 Å². The molecule has 0 radical (unpaired) electrons. The molecule has 0 fully saturated rings. The summed E-state index contributed by atoms with van der Waals surface area (Å²) >= 11 is 0. The zero-order valence-electron chi connectivity index (χ0n) is 10.6. The number of carbonyl (C=O) groups excluding carboxylic acids is 1. The molecule has 1 unspecified atom stereocenters. The van der Waals surface area contributed by atoms with Crippen LogP contribution in [-0.2, 0) is 17.6 Å². The number of hydrogen-bond donors (Lipinski definition) is 1. The third kappa shape index (κ3) is 2.87.